The van der Waals surface area contributed by atoms with E-state index in [-0.39, 0.29) is 0 Å². The standard InChI is InChI=1S/C8H11NO2.C2H8N2/c1-5(2)7(10)9-8(11)6(3)4;3-1-2-4/h1,3H2,2,4H3,(H,9,10,11);1-4H2. The summed E-state index contributed by atoms with van der Waals surface area (Å²) < 4.78 is 0. The summed E-state index contributed by atoms with van der Waals surface area (Å²) in [5, 5.41) is 2.10. The molecule has 0 aromatic carbocycles. The Morgan fingerprint density at radius 1 is 1.00 bits per heavy atom. The summed E-state index contributed by atoms with van der Waals surface area (Å²) in [5.41, 5.74) is 10.4. The molecule has 0 saturated heterocycles. The zero-order valence-electron chi connectivity index (χ0n) is 9.30. The molecule has 0 aromatic rings. The molecule has 2 amide bonds. The van der Waals surface area contributed by atoms with E-state index in [4.69, 9.17) is 11.5 Å². The van der Waals surface area contributed by atoms with E-state index in [1.165, 1.54) is 13.8 Å². The van der Waals surface area contributed by atoms with Crippen molar-refractivity contribution in [1.82, 2.24) is 5.32 Å². The maximum absolute atomic E-state index is 10.8. The normalized spacial score (nSPS) is 8.27. The van der Waals surface area contributed by atoms with Gasteiger partial charge in [0.15, 0.2) is 0 Å². The largest absolute Gasteiger partial charge is 0.329 e. The molecule has 86 valence electrons. The molecule has 0 heterocycles. The molecule has 0 bridgehead atoms. The molecule has 15 heavy (non-hydrogen) atoms. The van der Waals surface area contributed by atoms with E-state index in [0.717, 1.165) is 0 Å². The van der Waals surface area contributed by atoms with Crippen LogP contribution in [0.15, 0.2) is 24.3 Å². The quantitative estimate of drug-likeness (QED) is 0.560. The number of rotatable bonds is 3. The van der Waals surface area contributed by atoms with Crippen LogP contribution in [0.2, 0.25) is 0 Å². The van der Waals surface area contributed by atoms with E-state index >= 15 is 0 Å². The van der Waals surface area contributed by atoms with E-state index in [1.807, 2.05) is 0 Å². The van der Waals surface area contributed by atoms with Crippen LogP contribution in [-0.4, -0.2) is 24.9 Å². The molecule has 5 heteroatoms. The molecule has 0 radical (unpaired) electrons. The topological polar surface area (TPSA) is 98.2 Å². The van der Waals surface area contributed by atoms with Gasteiger partial charge in [0.2, 0.25) is 0 Å². The number of nitrogens with one attached hydrogen (secondary N) is 1. The maximum atomic E-state index is 10.8. The van der Waals surface area contributed by atoms with Crippen LogP contribution < -0.4 is 16.8 Å². The van der Waals surface area contributed by atoms with Gasteiger partial charge >= 0.3 is 0 Å². The van der Waals surface area contributed by atoms with Crippen molar-refractivity contribution in [2.45, 2.75) is 13.8 Å². The van der Waals surface area contributed by atoms with Crippen molar-refractivity contribution < 1.29 is 9.59 Å². The van der Waals surface area contributed by atoms with Gasteiger partial charge in [-0.1, -0.05) is 13.2 Å². The Labute approximate surface area is 90.2 Å². The predicted octanol–water partition coefficient (Wildman–Crippen LogP) is -0.315. The molecular formula is C10H19N3O2. The van der Waals surface area contributed by atoms with E-state index in [0.29, 0.717) is 24.2 Å². The van der Waals surface area contributed by atoms with Gasteiger partial charge in [0.1, 0.15) is 0 Å². The van der Waals surface area contributed by atoms with E-state index in [9.17, 15) is 9.59 Å². The van der Waals surface area contributed by atoms with E-state index < -0.39 is 11.8 Å². The highest BCUT2D eigenvalue weighted by atomic mass is 16.2. The Morgan fingerprint density at radius 3 is 1.40 bits per heavy atom. The van der Waals surface area contributed by atoms with Gasteiger partial charge in [-0.3, -0.25) is 14.9 Å². The van der Waals surface area contributed by atoms with E-state index in [2.05, 4.69) is 18.5 Å². The Balaban J connectivity index is 0. The molecule has 0 atom stereocenters. The van der Waals surface area contributed by atoms with Crippen LogP contribution in [0.5, 0.6) is 0 Å². The number of hydrogen-bond donors (Lipinski definition) is 3. The van der Waals surface area contributed by atoms with Gasteiger partial charge < -0.3 is 11.5 Å². The molecule has 0 fully saturated rings. The minimum atomic E-state index is -0.460. The van der Waals surface area contributed by atoms with Crippen molar-refractivity contribution in [2.24, 2.45) is 11.5 Å². The molecule has 0 aliphatic heterocycles. The number of carbonyl (C=O) groups excluding carboxylic acids is 2. The molecule has 0 spiro atoms. The second-order valence-electron chi connectivity index (χ2n) is 2.92. The molecule has 0 unspecified atom stereocenters. The first-order chi connectivity index (χ1) is 6.86. The Kier molecular flexibility index (Phi) is 9.71. The van der Waals surface area contributed by atoms with E-state index in [1.54, 1.807) is 0 Å². The summed E-state index contributed by atoms with van der Waals surface area (Å²) in [7, 11) is 0. The van der Waals surface area contributed by atoms with Gasteiger partial charge in [-0.05, 0) is 13.8 Å². The summed E-state index contributed by atoms with van der Waals surface area (Å²) >= 11 is 0. The van der Waals surface area contributed by atoms with Crippen LogP contribution in [-0.2, 0) is 9.59 Å². The third-order valence-corrected chi connectivity index (χ3v) is 1.17. The lowest BCUT2D eigenvalue weighted by Gasteiger charge is -2.00. The molecule has 5 N–H and O–H groups in total. The second-order valence-corrected chi connectivity index (χ2v) is 2.92. The first-order valence-electron chi connectivity index (χ1n) is 4.43. The lowest BCUT2D eigenvalue weighted by atomic mass is 10.3. The fourth-order valence-electron chi connectivity index (χ4n) is 0.317. The second kappa shape index (κ2) is 9.11. The summed E-state index contributed by atoms with van der Waals surface area (Å²) in [6.45, 7) is 11.0. The fourth-order valence-corrected chi connectivity index (χ4v) is 0.317. The van der Waals surface area contributed by atoms with Crippen molar-refractivity contribution in [3.63, 3.8) is 0 Å². The van der Waals surface area contributed by atoms with Crippen molar-refractivity contribution in [1.29, 1.82) is 0 Å². The third-order valence-electron chi connectivity index (χ3n) is 1.17. The van der Waals surface area contributed by atoms with Crippen LogP contribution in [0.3, 0.4) is 0 Å². The van der Waals surface area contributed by atoms with Crippen molar-refractivity contribution in [3.05, 3.63) is 24.3 Å². The smallest absolute Gasteiger partial charge is 0.253 e. The third kappa shape index (κ3) is 10.5. The molecule has 5 nitrogen and oxygen atoms in total. The van der Waals surface area contributed by atoms with Gasteiger partial charge in [0.05, 0.1) is 0 Å². The lowest BCUT2D eigenvalue weighted by Crippen LogP contribution is -2.30. The zero-order chi connectivity index (χ0) is 12.4. The zero-order valence-corrected chi connectivity index (χ0v) is 9.30. The molecular weight excluding hydrogens is 194 g/mol. The van der Waals surface area contributed by atoms with Crippen LogP contribution >= 0.6 is 0 Å². The summed E-state index contributed by atoms with van der Waals surface area (Å²) in [6.07, 6.45) is 0. The number of carbonyl (C=O) groups is 2. The number of nitrogens with two attached hydrogens (primary N) is 2. The SMILES string of the molecule is C=C(C)C(=O)NC(=O)C(=C)C.NCCN. The van der Waals surface area contributed by atoms with Crippen LogP contribution in [0.25, 0.3) is 0 Å². The first-order valence-corrected chi connectivity index (χ1v) is 4.43. The first kappa shape index (κ1) is 16.0. The van der Waals surface area contributed by atoms with Gasteiger partial charge in [0.25, 0.3) is 11.8 Å². The van der Waals surface area contributed by atoms with Crippen LogP contribution in [0.1, 0.15) is 13.8 Å². The van der Waals surface area contributed by atoms with Gasteiger partial charge in [-0.2, -0.15) is 0 Å². The molecule has 0 aromatic heterocycles. The van der Waals surface area contributed by atoms with Crippen molar-refractivity contribution >= 4 is 11.8 Å². The molecule has 0 saturated carbocycles. The lowest BCUT2D eigenvalue weighted by molar-refractivity contribution is -0.126. The Morgan fingerprint density at radius 2 is 1.27 bits per heavy atom. The predicted molar refractivity (Wildman–Crippen MR) is 60.9 cm³/mol. The summed E-state index contributed by atoms with van der Waals surface area (Å²) in [6, 6.07) is 0. The van der Waals surface area contributed by atoms with Gasteiger partial charge in [0, 0.05) is 24.2 Å². The van der Waals surface area contributed by atoms with Crippen molar-refractivity contribution in [3.8, 4) is 0 Å². The van der Waals surface area contributed by atoms with Gasteiger partial charge in [-0.15, -0.1) is 0 Å². The van der Waals surface area contributed by atoms with Crippen LogP contribution in [0, 0.1) is 0 Å². The Hall–Kier alpha value is -1.46. The number of imide groups is 1. The number of amides is 2. The minimum Gasteiger partial charge on any atom is -0.329 e. The monoisotopic (exact) mass is 213 g/mol. The highest BCUT2D eigenvalue weighted by molar-refractivity contribution is 6.08. The van der Waals surface area contributed by atoms with Gasteiger partial charge in [-0.25, -0.2) is 0 Å². The van der Waals surface area contributed by atoms with Crippen LogP contribution in [0.4, 0.5) is 0 Å². The minimum absolute atomic E-state index is 0.305. The number of hydrogen-bond acceptors (Lipinski definition) is 4. The fraction of sp³-hybridized carbons (Fsp3) is 0.400. The Bertz CT molecular complexity index is 233. The molecule has 0 aliphatic carbocycles. The molecule has 0 aliphatic rings. The highest BCUT2D eigenvalue weighted by Gasteiger charge is 2.07. The van der Waals surface area contributed by atoms with Crippen molar-refractivity contribution in [2.75, 3.05) is 13.1 Å². The highest BCUT2D eigenvalue weighted by Crippen LogP contribution is 1.89. The average molecular weight is 213 g/mol. The summed E-state index contributed by atoms with van der Waals surface area (Å²) in [4.78, 5) is 21.6. The average Bonchev–Trinajstić information content (AvgIpc) is 2.17. The molecule has 0 rings (SSSR count). The maximum Gasteiger partial charge on any atom is 0.253 e. The summed E-state index contributed by atoms with van der Waals surface area (Å²) in [5.74, 6) is -0.920.